The SMILES string of the molecule is COc1ccc(NC(=O)c2ccc(S(=O)(=O)Nc3ccccc3F)cc2)cc1OC. The third kappa shape index (κ3) is 4.69. The van der Waals surface area contributed by atoms with Crippen molar-refractivity contribution in [2.75, 3.05) is 24.3 Å². The van der Waals surface area contributed by atoms with Crippen molar-refractivity contribution in [3.05, 3.63) is 78.1 Å². The first-order valence-electron chi connectivity index (χ1n) is 8.75. The minimum absolute atomic E-state index is 0.103. The Labute approximate surface area is 173 Å². The van der Waals surface area contributed by atoms with Crippen LogP contribution in [0.25, 0.3) is 0 Å². The summed E-state index contributed by atoms with van der Waals surface area (Å²) in [6, 6.07) is 15.6. The van der Waals surface area contributed by atoms with Gasteiger partial charge in [-0.15, -0.1) is 0 Å². The first-order valence-corrected chi connectivity index (χ1v) is 10.2. The van der Waals surface area contributed by atoms with E-state index in [1.807, 2.05) is 0 Å². The second-order valence-corrected chi connectivity index (χ2v) is 7.82. The normalized spacial score (nSPS) is 10.9. The van der Waals surface area contributed by atoms with E-state index in [1.54, 1.807) is 18.2 Å². The maximum absolute atomic E-state index is 13.7. The average molecular weight is 430 g/mol. The number of methoxy groups -OCH3 is 2. The maximum atomic E-state index is 13.7. The Morgan fingerprint density at radius 1 is 0.900 bits per heavy atom. The highest BCUT2D eigenvalue weighted by atomic mass is 32.2. The van der Waals surface area contributed by atoms with Gasteiger partial charge in [-0.2, -0.15) is 0 Å². The molecule has 0 aliphatic rings. The van der Waals surface area contributed by atoms with Crippen LogP contribution < -0.4 is 19.5 Å². The number of rotatable bonds is 7. The van der Waals surface area contributed by atoms with E-state index in [0.717, 1.165) is 6.07 Å². The standard InChI is InChI=1S/C21H19FN2O5S/c1-28-19-12-9-15(13-20(19)29-2)23-21(25)14-7-10-16(11-8-14)30(26,27)24-18-6-4-3-5-17(18)22/h3-13,24H,1-2H3,(H,23,25). The van der Waals surface area contributed by atoms with Crippen molar-refractivity contribution in [2.24, 2.45) is 0 Å². The molecule has 0 aliphatic carbocycles. The van der Waals surface area contributed by atoms with Gasteiger partial charge in [-0.05, 0) is 48.5 Å². The molecule has 0 saturated heterocycles. The van der Waals surface area contributed by atoms with E-state index in [-0.39, 0.29) is 16.1 Å². The van der Waals surface area contributed by atoms with Crippen LogP contribution >= 0.6 is 0 Å². The number of halogens is 1. The summed E-state index contributed by atoms with van der Waals surface area (Å²) in [5.41, 5.74) is 0.568. The summed E-state index contributed by atoms with van der Waals surface area (Å²) in [5, 5.41) is 2.70. The number of para-hydroxylation sites is 1. The minimum Gasteiger partial charge on any atom is -0.493 e. The van der Waals surface area contributed by atoms with Gasteiger partial charge in [-0.1, -0.05) is 12.1 Å². The average Bonchev–Trinajstić information content (AvgIpc) is 2.75. The van der Waals surface area contributed by atoms with E-state index < -0.39 is 21.7 Å². The van der Waals surface area contributed by atoms with E-state index in [1.165, 1.54) is 56.7 Å². The van der Waals surface area contributed by atoms with E-state index in [9.17, 15) is 17.6 Å². The van der Waals surface area contributed by atoms with Gasteiger partial charge in [0.2, 0.25) is 0 Å². The molecule has 3 aromatic rings. The van der Waals surface area contributed by atoms with Crippen LogP contribution in [0.1, 0.15) is 10.4 Å². The largest absolute Gasteiger partial charge is 0.493 e. The molecule has 3 aromatic carbocycles. The van der Waals surface area contributed by atoms with Gasteiger partial charge in [0, 0.05) is 17.3 Å². The van der Waals surface area contributed by atoms with Crippen molar-refractivity contribution in [3.8, 4) is 11.5 Å². The van der Waals surface area contributed by atoms with Crippen molar-refractivity contribution in [1.82, 2.24) is 0 Å². The molecule has 0 spiro atoms. The van der Waals surface area contributed by atoms with Crippen LogP contribution in [0.5, 0.6) is 11.5 Å². The number of carbonyl (C=O) groups is 1. The smallest absolute Gasteiger partial charge is 0.261 e. The van der Waals surface area contributed by atoms with Crippen LogP contribution in [0.15, 0.2) is 71.6 Å². The van der Waals surface area contributed by atoms with Gasteiger partial charge in [-0.25, -0.2) is 12.8 Å². The van der Waals surface area contributed by atoms with Crippen LogP contribution in [-0.4, -0.2) is 28.5 Å². The summed E-state index contributed by atoms with van der Waals surface area (Å²) < 4.78 is 51.2. The van der Waals surface area contributed by atoms with E-state index in [2.05, 4.69) is 10.0 Å². The fourth-order valence-electron chi connectivity index (χ4n) is 2.65. The third-order valence-corrected chi connectivity index (χ3v) is 5.57. The van der Waals surface area contributed by atoms with Crippen molar-refractivity contribution in [3.63, 3.8) is 0 Å². The van der Waals surface area contributed by atoms with E-state index in [0.29, 0.717) is 17.2 Å². The summed E-state index contributed by atoms with van der Waals surface area (Å²) >= 11 is 0. The van der Waals surface area contributed by atoms with Crippen LogP contribution in [0.4, 0.5) is 15.8 Å². The summed E-state index contributed by atoms with van der Waals surface area (Å²) in [4.78, 5) is 12.4. The second kappa shape index (κ2) is 8.83. The highest BCUT2D eigenvalue weighted by Gasteiger charge is 2.17. The zero-order chi connectivity index (χ0) is 21.7. The number of benzene rings is 3. The fraction of sp³-hybridized carbons (Fsp3) is 0.0952. The molecule has 0 fully saturated rings. The van der Waals surface area contributed by atoms with Crippen LogP contribution in [0, 0.1) is 5.82 Å². The molecule has 2 N–H and O–H groups in total. The number of carbonyl (C=O) groups excluding carboxylic acids is 1. The molecule has 1 amide bonds. The highest BCUT2D eigenvalue weighted by Crippen LogP contribution is 2.30. The Balaban J connectivity index is 1.75. The molecular weight excluding hydrogens is 411 g/mol. The second-order valence-electron chi connectivity index (χ2n) is 6.13. The quantitative estimate of drug-likeness (QED) is 0.593. The Hall–Kier alpha value is -3.59. The van der Waals surface area contributed by atoms with Crippen LogP contribution in [-0.2, 0) is 10.0 Å². The lowest BCUT2D eigenvalue weighted by atomic mass is 10.2. The molecule has 9 heteroatoms. The van der Waals surface area contributed by atoms with Crippen LogP contribution in [0.3, 0.4) is 0 Å². The van der Waals surface area contributed by atoms with Crippen molar-refractivity contribution in [1.29, 1.82) is 0 Å². The number of amides is 1. The molecule has 0 heterocycles. The molecular formula is C21H19FN2O5S. The lowest BCUT2D eigenvalue weighted by molar-refractivity contribution is 0.102. The fourth-order valence-corrected chi connectivity index (χ4v) is 3.72. The summed E-state index contributed by atoms with van der Waals surface area (Å²) in [6.07, 6.45) is 0. The molecule has 0 aliphatic heterocycles. The summed E-state index contributed by atoms with van der Waals surface area (Å²) in [5.74, 6) is -0.149. The molecule has 3 rings (SSSR count). The van der Waals surface area contributed by atoms with Crippen molar-refractivity contribution < 1.29 is 27.1 Å². The number of sulfonamides is 1. The zero-order valence-electron chi connectivity index (χ0n) is 16.2. The van der Waals surface area contributed by atoms with Crippen LogP contribution in [0.2, 0.25) is 0 Å². The predicted molar refractivity (Wildman–Crippen MR) is 111 cm³/mol. The van der Waals surface area contributed by atoms with Gasteiger partial charge >= 0.3 is 0 Å². The first kappa shape index (κ1) is 21.1. The maximum Gasteiger partial charge on any atom is 0.261 e. The van der Waals surface area contributed by atoms with Gasteiger partial charge in [-0.3, -0.25) is 9.52 Å². The lowest BCUT2D eigenvalue weighted by Crippen LogP contribution is -2.15. The van der Waals surface area contributed by atoms with E-state index in [4.69, 9.17) is 9.47 Å². The van der Waals surface area contributed by atoms with E-state index >= 15 is 0 Å². The lowest BCUT2D eigenvalue weighted by Gasteiger charge is -2.11. The highest BCUT2D eigenvalue weighted by molar-refractivity contribution is 7.92. The molecule has 0 atom stereocenters. The Kier molecular flexibility index (Phi) is 6.22. The molecule has 0 unspecified atom stereocenters. The zero-order valence-corrected chi connectivity index (χ0v) is 17.0. The number of nitrogens with one attached hydrogen (secondary N) is 2. The first-order chi connectivity index (χ1) is 14.3. The topological polar surface area (TPSA) is 93.7 Å². The monoisotopic (exact) mass is 430 g/mol. The van der Waals surface area contributed by atoms with Crippen molar-refractivity contribution >= 4 is 27.3 Å². The Morgan fingerprint density at radius 2 is 1.57 bits per heavy atom. The third-order valence-electron chi connectivity index (χ3n) is 4.19. The number of anilines is 2. The Bertz CT molecular complexity index is 1160. The van der Waals surface area contributed by atoms with Crippen molar-refractivity contribution in [2.45, 2.75) is 4.90 Å². The number of hydrogen-bond acceptors (Lipinski definition) is 5. The van der Waals surface area contributed by atoms with Gasteiger partial charge in [0.25, 0.3) is 15.9 Å². The van der Waals surface area contributed by atoms with Gasteiger partial charge in [0.1, 0.15) is 5.82 Å². The number of hydrogen-bond donors (Lipinski definition) is 2. The molecule has 0 bridgehead atoms. The minimum atomic E-state index is -4.01. The molecule has 30 heavy (non-hydrogen) atoms. The van der Waals surface area contributed by atoms with Gasteiger partial charge in [0.15, 0.2) is 11.5 Å². The Morgan fingerprint density at radius 3 is 2.20 bits per heavy atom. The molecule has 0 saturated carbocycles. The molecule has 156 valence electrons. The molecule has 7 nitrogen and oxygen atoms in total. The number of ether oxygens (including phenoxy) is 2. The predicted octanol–water partition coefficient (Wildman–Crippen LogP) is 3.90. The summed E-state index contributed by atoms with van der Waals surface area (Å²) in [7, 11) is -1.02. The molecule has 0 aromatic heterocycles. The van der Waals surface area contributed by atoms with Gasteiger partial charge in [0.05, 0.1) is 24.8 Å². The van der Waals surface area contributed by atoms with Gasteiger partial charge < -0.3 is 14.8 Å². The summed E-state index contributed by atoms with van der Waals surface area (Å²) in [6.45, 7) is 0. The molecule has 0 radical (unpaired) electrons.